The molecule has 0 aliphatic heterocycles. The van der Waals surface area contributed by atoms with E-state index in [2.05, 4.69) is 31.2 Å². The monoisotopic (exact) mass is 324 g/mol. The maximum absolute atomic E-state index is 11.7. The first-order valence-electron chi connectivity index (χ1n) is 5.71. The lowest BCUT2D eigenvalue weighted by atomic mass is 10.1. The normalized spacial score (nSPS) is 10.8. The van der Waals surface area contributed by atoms with Crippen molar-refractivity contribution in [1.29, 1.82) is 0 Å². The number of carbonyl (C=O) groups is 1. The van der Waals surface area contributed by atoms with Crippen LogP contribution in [0.15, 0.2) is 22.8 Å². The summed E-state index contributed by atoms with van der Waals surface area (Å²) in [7, 11) is 1.32. The largest absolute Gasteiger partial charge is 0.464 e. The zero-order chi connectivity index (χ0) is 14.0. The van der Waals surface area contributed by atoms with Gasteiger partial charge in [-0.2, -0.15) is 10.2 Å². The molecule has 0 radical (unpaired) electrons. The summed E-state index contributed by atoms with van der Waals surface area (Å²) in [4.78, 5) is 11.7. The van der Waals surface area contributed by atoms with Crippen LogP contribution in [0.3, 0.4) is 0 Å². The van der Waals surface area contributed by atoms with Crippen molar-refractivity contribution in [3.63, 3.8) is 0 Å². The lowest BCUT2D eigenvalue weighted by Crippen LogP contribution is -2.07. The zero-order valence-corrected chi connectivity index (χ0v) is 12.4. The number of nitrogens with zero attached hydrogens (tertiary/aromatic N) is 4. The molecule has 2 aromatic rings. The highest BCUT2D eigenvalue weighted by Gasteiger charge is 2.24. The average Bonchev–Trinajstić information content (AvgIpc) is 2.76. The summed E-state index contributed by atoms with van der Waals surface area (Å²) >= 11 is 3.41. The van der Waals surface area contributed by atoms with Gasteiger partial charge in [-0.15, -0.1) is 5.10 Å². The molecular formula is C12H13BrN4O2. The Hall–Kier alpha value is -1.76. The van der Waals surface area contributed by atoms with E-state index >= 15 is 0 Å². The van der Waals surface area contributed by atoms with Crippen LogP contribution in [0.25, 0.3) is 5.82 Å². The summed E-state index contributed by atoms with van der Waals surface area (Å²) in [6.45, 7) is 4.02. The number of aromatic nitrogens is 4. The highest BCUT2D eigenvalue weighted by Crippen LogP contribution is 2.30. The predicted octanol–water partition coefficient (Wildman–Crippen LogP) is 2.33. The molecule has 2 rings (SSSR count). The van der Waals surface area contributed by atoms with Crippen LogP contribution < -0.4 is 0 Å². The number of hydrogen-bond acceptors (Lipinski definition) is 5. The van der Waals surface area contributed by atoms with Crippen molar-refractivity contribution in [3.8, 4) is 5.82 Å². The second-order valence-electron chi connectivity index (χ2n) is 4.19. The molecule has 0 atom stereocenters. The van der Waals surface area contributed by atoms with Crippen molar-refractivity contribution in [1.82, 2.24) is 20.0 Å². The molecule has 0 aliphatic rings. The zero-order valence-electron chi connectivity index (χ0n) is 10.8. The van der Waals surface area contributed by atoms with Crippen LogP contribution in [0.5, 0.6) is 0 Å². The fourth-order valence-corrected chi connectivity index (χ4v) is 2.59. The Morgan fingerprint density at radius 3 is 2.74 bits per heavy atom. The maximum Gasteiger partial charge on any atom is 0.359 e. The summed E-state index contributed by atoms with van der Waals surface area (Å²) in [5.74, 6) is 0.223. The van der Waals surface area contributed by atoms with Crippen LogP contribution in [0.1, 0.15) is 35.9 Å². The van der Waals surface area contributed by atoms with Gasteiger partial charge in [0.05, 0.1) is 17.3 Å². The molecule has 0 saturated carbocycles. The van der Waals surface area contributed by atoms with Gasteiger partial charge in [0, 0.05) is 6.20 Å². The second kappa shape index (κ2) is 5.48. The highest BCUT2D eigenvalue weighted by atomic mass is 79.9. The van der Waals surface area contributed by atoms with Gasteiger partial charge in [-0.1, -0.05) is 13.8 Å². The Kier molecular flexibility index (Phi) is 3.94. The van der Waals surface area contributed by atoms with E-state index in [1.807, 2.05) is 13.8 Å². The van der Waals surface area contributed by atoms with Crippen LogP contribution in [0.2, 0.25) is 0 Å². The minimum atomic E-state index is -0.489. The number of hydrogen-bond donors (Lipinski definition) is 0. The maximum atomic E-state index is 11.7. The van der Waals surface area contributed by atoms with Gasteiger partial charge < -0.3 is 4.74 Å². The van der Waals surface area contributed by atoms with Crippen molar-refractivity contribution in [2.24, 2.45) is 0 Å². The molecule has 0 spiro atoms. The number of esters is 1. The van der Waals surface area contributed by atoms with E-state index in [1.54, 1.807) is 23.0 Å². The van der Waals surface area contributed by atoms with Crippen LogP contribution in [-0.4, -0.2) is 33.1 Å². The lowest BCUT2D eigenvalue weighted by Gasteiger charge is -2.08. The third-order valence-electron chi connectivity index (χ3n) is 2.56. The molecule has 0 amide bonds. The van der Waals surface area contributed by atoms with Crippen LogP contribution >= 0.6 is 15.9 Å². The molecular weight excluding hydrogens is 312 g/mol. The van der Waals surface area contributed by atoms with Gasteiger partial charge in [0.25, 0.3) is 0 Å². The van der Waals surface area contributed by atoms with E-state index in [-0.39, 0.29) is 11.6 Å². The SMILES string of the molecule is COC(=O)c1nn(-c2cccnn2)c(C(C)C)c1Br. The summed E-state index contributed by atoms with van der Waals surface area (Å²) in [5, 5.41) is 12.1. The standard InChI is InChI=1S/C12H13BrN4O2/c1-7(2)11-9(13)10(12(18)19-3)16-17(11)8-5-4-6-14-15-8/h4-7H,1-3H3. The molecule has 6 nitrogen and oxygen atoms in total. The van der Waals surface area contributed by atoms with Gasteiger partial charge in [-0.25, -0.2) is 9.48 Å². The molecule has 2 heterocycles. The van der Waals surface area contributed by atoms with Crippen molar-refractivity contribution in [2.45, 2.75) is 19.8 Å². The molecule has 7 heteroatoms. The topological polar surface area (TPSA) is 69.9 Å². The molecule has 0 fully saturated rings. The first kappa shape index (κ1) is 13.7. The van der Waals surface area contributed by atoms with Crippen molar-refractivity contribution < 1.29 is 9.53 Å². The van der Waals surface area contributed by atoms with Gasteiger partial charge in [-0.3, -0.25) is 0 Å². The average molecular weight is 325 g/mol. The van der Waals surface area contributed by atoms with E-state index in [4.69, 9.17) is 4.74 Å². The van der Waals surface area contributed by atoms with Crippen LogP contribution in [0, 0.1) is 0 Å². The van der Waals surface area contributed by atoms with Crippen molar-refractivity contribution >= 4 is 21.9 Å². The molecule has 100 valence electrons. The van der Waals surface area contributed by atoms with E-state index in [0.717, 1.165) is 5.69 Å². The summed E-state index contributed by atoms with van der Waals surface area (Å²) in [6.07, 6.45) is 1.58. The Morgan fingerprint density at radius 2 is 2.21 bits per heavy atom. The van der Waals surface area contributed by atoms with Crippen molar-refractivity contribution in [3.05, 3.63) is 34.2 Å². The minimum Gasteiger partial charge on any atom is -0.464 e. The number of methoxy groups -OCH3 is 1. The molecule has 0 unspecified atom stereocenters. The molecule has 0 bridgehead atoms. The fraction of sp³-hybridized carbons (Fsp3) is 0.333. The third kappa shape index (κ3) is 2.51. The van der Waals surface area contributed by atoms with Crippen LogP contribution in [0.4, 0.5) is 0 Å². The third-order valence-corrected chi connectivity index (χ3v) is 3.34. The first-order chi connectivity index (χ1) is 9.06. The molecule has 2 aromatic heterocycles. The molecule has 0 aliphatic carbocycles. The quantitative estimate of drug-likeness (QED) is 0.810. The molecule has 0 aromatic carbocycles. The van der Waals surface area contributed by atoms with Gasteiger partial charge in [0.15, 0.2) is 11.5 Å². The Morgan fingerprint density at radius 1 is 1.47 bits per heavy atom. The van der Waals surface area contributed by atoms with E-state index < -0.39 is 5.97 Å². The van der Waals surface area contributed by atoms with E-state index in [9.17, 15) is 4.79 Å². The van der Waals surface area contributed by atoms with Crippen LogP contribution in [-0.2, 0) is 4.74 Å². The summed E-state index contributed by atoms with van der Waals surface area (Å²) in [6, 6.07) is 3.54. The van der Waals surface area contributed by atoms with Gasteiger partial charge in [-0.05, 0) is 34.0 Å². The number of ether oxygens (including phenoxy) is 1. The molecule has 0 saturated heterocycles. The van der Waals surface area contributed by atoms with Gasteiger partial charge in [0.1, 0.15) is 0 Å². The highest BCUT2D eigenvalue weighted by molar-refractivity contribution is 9.10. The predicted molar refractivity (Wildman–Crippen MR) is 72.3 cm³/mol. The summed E-state index contributed by atoms with van der Waals surface area (Å²) < 4.78 is 6.95. The second-order valence-corrected chi connectivity index (χ2v) is 4.98. The summed E-state index contributed by atoms with van der Waals surface area (Å²) in [5.41, 5.74) is 1.08. The van der Waals surface area contributed by atoms with Crippen molar-refractivity contribution in [2.75, 3.05) is 7.11 Å². The number of rotatable bonds is 3. The smallest absolute Gasteiger partial charge is 0.359 e. The molecule has 0 N–H and O–H groups in total. The number of halogens is 1. The fourth-order valence-electron chi connectivity index (χ4n) is 1.72. The van der Waals surface area contributed by atoms with E-state index in [1.165, 1.54) is 7.11 Å². The van der Waals surface area contributed by atoms with E-state index in [0.29, 0.717) is 10.3 Å². The number of carbonyl (C=O) groups excluding carboxylic acids is 1. The Labute approximate surface area is 118 Å². The lowest BCUT2D eigenvalue weighted by molar-refractivity contribution is 0.0592. The molecule has 19 heavy (non-hydrogen) atoms. The Bertz CT molecular complexity index is 595. The first-order valence-corrected chi connectivity index (χ1v) is 6.50. The van der Waals surface area contributed by atoms with Gasteiger partial charge in [0.2, 0.25) is 0 Å². The Balaban J connectivity index is 2.64. The minimum absolute atomic E-state index is 0.155. The van der Waals surface area contributed by atoms with Gasteiger partial charge >= 0.3 is 5.97 Å².